The van der Waals surface area contributed by atoms with Crippen LogP contribution in [0.25, 0.3) is 0 Å². The van der Waals surface area contributed by atoms with Crippen molar-refractivity contribution >= 4 is 24.3 Å². The first-order valence-corrected chi connectivity index (χ1v) is 8.85. The van der Waals surface area contributed by atoms with Crippen LogP contribution in [0.5, 0.6) is 0 Å². The lowest BCUT2D eigenvalue weighted by Crippen LogP contribution is -2.41. The first-order chi connectivity index (χ1) is 11.6. The topological polar surface area (TPSA) is 72.8 Å². The van der Waals surface area contributed by atoms with Gasteiger partial charge >= 0.3 is 13.1 Å². The summed E-state index contributed by atoms with van der Waals surface area (Å²) in [6.07, 6.45) is 2.02. The normalized spacial score (nSPS) is 27.4. The summed E-state index contributed by atoms with van der Waals surface area (Å²) >= 11 is 0. The van der Waals surface area contributed by atoms with Crippen molar-refractivity contribution in [2.45, 2.75) is 58.2 Å². The molecule has 1 aliphatic carbocycles. The Labute approximate surface area is 148 Å². The van der Waals surface area contributed by atoms with Gasteiger partial charge < -0.3 is 14.4 Å². The van der Waals surface area contributed by atoms with E-state index in [2.05, 4.69) is 0 Å². The monoisotopic (exact) mass is 344 g/mol. The molecule has 1 unspecified atom stereocenters. The fourth-order valence-electron chi connectivity index (χ4n) is 3.57. The van der Waals surface area contributed by atoms with Gasteiger partial charge in [-0.05, 0) is 46.0 Å². The van der Waals surface area contributed by atoms with E-state index in [9.17, 15) is 14.7 Å². The van der Waals surface area contributed by atoms with E-state index in [1.165, 1.54) is 0 Å². The number of Topliss-reactive ketones (excluding diaryl/α,β-unsaturated/α-hetero) is 1. The summed E-state index contributed by atoms with van der Waals surface area (Å²) in [5.41, 5.74) is 0.588. The molecule has 1 saturated carbocycles. The molecule has 0 aromatic heterocycles. The molecule has 0 radical (unpaired) electrons. The van der Waals surface area contributed by atoms with E-state index in [0.29, 0.717) is 18.4 Å². The molecule has 2 fully saturated rings. The van der Waals surface area contributed by atoms with Crippen LogP contribution < -0.4 is 5.46 Å². The summed E-state index contributed by atoms with van der Waals surface area (Å²) in [7, 11) is -0.465. The molecule has 3 rings (SSSR count). The first kappa shape index (κ1) is 18.1. The van der Waals surface area contributed by atoms with Crippen LogP contribution in [0, 0.1) is 11.8 Å². The van der Waals surface area contributed by atoms with E-state index >= 15 is 0 Å². The van der Waals surface area contributed by atoms with Gasteiger partial charge in [-0.15, -0.1) is 0 Å². The molecule has 0 spiro atoms. The molecule has 2 atom stereocenters. The quantitative estimate of drug-likeness (QED) is 0.672. The lowest BCUT2D eigenvalue weighted by Gasteiger charge is -2.32. The smallest absolute Gasteiger partial charge is 0.481 e. The van der Waals surface area contributed by atoms with E-state index in [4.69, 9.17) is 9.31 Å². The van der Waals surface area contributed by atoms with Crippen molar-refractivity contribution in [3.05, 3.63) is 29.8 Å². The van der Waals surface area contributed by atoms with Gasteiger partial charge in [0.15, 0.2) is 5.78 Å². The van der Waals surface area contributed by atoms with Gasteiger partial charge in [-0.3, -0.25) is 9.59 Å². The van der Waals surface area contributed by atoms with Crippen LogP contribution in [0.4, 0.5) is 0 Å². The van der Waals surface area contributed by atoms with Crippen LogP contribution in [0.15, 0.2) is 24.3 Å². The molecule has 0 amide bonds. The van der Waals surface area contributed by atoms with Gasteiger partial charge in [0.25, 0.3) is 0 Å². The van der Waals surface area contributed by atoms with Crippen LogP contribution >= 0.6 is 0 Å². The summed E-state index contributed by atoms with van der Waals surface area (Å²) in [4.78, 5) is 24.0. The minimum atomic E-state index is -0.871. The Morgan fingerprint density at radius 2 is 1.52 bits per heavy atom. The molecule has 1 aromatic rings. The number of hydrogen-bond acceptors (Lipinski definition) is 4. The minimum absolute atomic E-state index is 0.0784. The molecule has 5 nitrogen and oxygen atoms in total. The van der Waals surface area contributed by atoms with E-state index < -0.39 is 36.1 Å². The van der Waals surface area contributed by atoms with E-state index in [1.54, 1.807) is 12.1 Å². The third-order valence-electron chi connectivity index (χ3n) is 5.89. The zero-order valence-corrected chi connectivity index (χ0v) is 15.2. The fourth-order valence-corrected chi connectivity index (χ4v) is 3.57. The lowest BCUT2D eigenvalue weighted by molar-refractivity contribution is -0.142. The molecule has 1 heterocycles. The van der Waals surface area contributed by atoms with Gasteiger partial charge in [0, 0.05) is 11.5 Å². The third kappa shape index (κ3) is 3.25. The van der Waals surface area contributed by atoms with Gasteiger partial charge in [0.05, 0.1) is 17.1 Å². The largest absolute Gasteiger partial charge is 0.494 e. The third-order valence-corrected chi connectivity index (χ3v) is 5.89. The molecule has 1 aliphatic heterocycles. The molecule has 25 heavy (non-hydrogen) atoms. The summed E-state index contributed by atoms with van der Waals surface area (Å²) < 4.78 is 12.0. The fraction of sp³-hybridized carbons (Fsp3) is 0.579. The van der Waals surface area contributed by atoms with Crippen molar-refractivity contribution in [2.75, 3.05) is 0 Å². The summed E-state index contributed by atoms with van der Waals surface area (Å²) in [5, 5.41) is 9.28. The molecular weight excluding hydrogens is 319 g/mol. The molecule has 134 valence electrons. The standard InChI is InChI=1S/C19H25BO5/c1-18(2)19(3,4)25-20(24-18)13-10-8-12(9-11-13)16(21)14-6-5-7-15(14)17(22)23/h8-11,14-15H,5-7H2,1-4H3,(H,22,23)/t14?,15-/m1/s1. The zero-order chi connectivity index (χ0) is 18.4. The van der Waals surface area contributed by atoms with Crippen molar-refractivity contribution < 1.29 is 24.0 Å². The van der Waals surface area contributed by atoms with Crippen molar-refractivity contribution in [3.8, 4) is 0 Å². The lowest BCUT2D eigenvalue weighted by atomic mass is 9.78. The molecular formula is C19H25BO5. The highest BCUT2D eigenvalue weighted by molar-refractivity contribution is 6.62. The second-order valence-electron chi connectivity index (χ2n) is 8.06. The Kier molecular flexibility index (Phi) is 4.54. The SMILES string of the molecule is CC1(C)OB(c2ccc(C(=O)C3CCC[C@H]3C(=O)O)cc2)OC1(C)C. The summed E-state index contributed by atoms with van der Waals surface area (Å²) in [6.45, 7) is 7.99. The second-order valence-corrected chi connectivity index (χ2v) is 8.06. The van der Waals surface area contributed by atoms with Crippen LogP contribution in [0.1, 0.15) is 57.3 Å². The first-order valence-electron chi connectivity index (χ1n) is 8.85. The van der Waals surface area contributed by atoms with Crippen LogP contribution in [0.2, 0.25) is 0 Å². The van der Waals surface area contributed by atoms with Crippen LogP contribution in [0.3, 0.4) is 0 Å². The van der Waals surface area contributed by atoms with Crippen molar-refractivity contribution in [1.82, 2.24) is 0 Å². The summed E-state index contributed by atoms with van der Waals surface area (Å²) in [5.74, 6) is -1.93. The molecule has 6 heteroatoms. The average molecular weight is 344 g/mol. The predicted molar refractivity (Wildman–Crippen MR) is 95.0 cm³/mol. The number of aliphatic carboxylic acids is 1. The molecule has 1 aromatic carbocycles. The molecule has 1 saturated heterocycles. The molecule has 0 bridgehead atoms. The van der Waals surface area contributed by atoms with E-state index in [1.807, 2.05) is 39.8 Å². The Bertz CT molecular complexity index is 664. The van der Waals surface area contributed by atoms with Gasteiger partial charge in [-0.2, -0.15) is 0 Å². The van der Waals surface area contributed by atoms with E-state index in [0.717, 1.165) is 11.9 Å². The number of carboxylic acid groups (broad SMARTS) is 1. The molecule has 1 N–H and O–H groups in total. The number of carboxylic acids is 1. The highest BCUT2D eigenvalue weighted by atomic mass is 16.7. The van der Waals surface area contributed by atoms with Gasteiger partial charge in [-0.1, -0.05) is 30.7 Å². The Hall–Kier alpha value is -1.66. The van der Waals surface area contributed by atoms with Gasteiger partial charge in [0.1, 0.15) is 0 Å². The number of carbonyl (C=O) groups is 2. The zero-order valence-electron chi connectivity index (χ0n) is 15.2. The second kappa shape index (κ2) is 6.25. The van der Waals surface area contributed by atoms with Crippen LogP contribution in [-0.2, 0) is 14.1 Å². The van der Waals surface area contributed by atoms with Gasteiger partial charge in [0.2, 0.25) is 0 Å². The number of rotatable bonds is 4. The Morgan fingerprint density at radius 3 is 2.04 bits per heavy atom. The minimum Gasteiger partial charge on any atom is -0.481 e. The van der Waals surface area contributed by atoms with Crippen molar-refractivity contribution in [1.29, 1.82) is 0 Å². The average Bonchev–Trinajstić information content (AvgIpc) is 3.10. The molecule has 2 aliphatic rings. The predicted octanol–water partition coefficient (Wildman–Crippen LogP) is 2.67. The number of ketones is 1. The highest BCUT2D eigenvalue weighted by Gasteiger charge is 2.51. The van der Waals surface area contributed by atoms with Gasteiger partial charge in [-0.25, -0.2) is 0 Å². The maximum Gasteiger partial charge on any atom is 0.494 e. The van der Waals surface area contributed by atoms with Crippen molar-refractivity contribution in [3.63, 3.8) is 0 Å². The van der Waals surface area contributed by atoms with Crippen molar-refractivity contribution in [2.24, 2.45) is 11.8 Å². The van der Waals surface area contributed by atoms with Crippen LogP contribution in [-0.4, -0.2) is 35.2 Å². The Balaban J connectivity index is 1.75. The maximum absolute atomic E-state index is 12.7. The number of hydrogen-bond donors (Lipinski definition) is 1. The summed E-state index contributed by atoms with van der Waals surface area (Å²) in [6, 6.07) is 7.17. The number of carbonyl (C=O) groups excluding carboxylic acids is 1. The maximum atomic E-state index is 12.7. The van der Waals surface area contributed by atoms with E-state index in [-0.39, 0.29) is 5.78 Å². The Morgan fingerprint density at radius 1 is 1.00 bits per heavy atom. The highest BCUT2D eigenvalue weighted by Crippen LogP contribution is 2.37. The number of benzene rings is 1.